The van der Waals surface area contributed by atoms with Gasteiger partial charge in [-0.2, -0.15) is 5.10 Å². The van der Waals surface area contributed by atoms with Crippen molar-refractivity contribution in [1.29, 1.82) is 0 Å². The normalized spacial score (nSPS) is 12.6. The van der Waals surface area contributed by atoms with Gasteiger partial charge in [0, 0.05) is 19.2 Å². The quantitative estimate of drug-likeness (QED) is 0.913. The summed E-state index contributed by atoms with van der Waals surface area (Å²) in [5.74, 6) is -0.464. The van der Waals surface area contributed by atoms with Crippen LogP contribution in [0.25, 0.3) is 0 Å². The van der Waals surface area contributed by atoms with Crippen LogP contribution in [0.1, 0.15) is 30.7 Å². The fourth-order valence-electron chi connectivity index (χ4n) is 2.02. The van der Waals surface area contributed by atoms with Gasteiger partial charge in [-0.3, -0.25) is 4.68 Å². The highest BCUT2D eigenvalue weighted by atomic mass is 35.5. The number of nitrogens with zero attached hydrogens (tertiary/aromatic N) is 2. The first kappa shape index (κ1) is 14.0. The lowest BCUT2D eigenvalue weighted by atomic mass is 10.1. The van der Waals surface area contributed by atoms with Gasteiger partial charge in [0.2, 0.25) is 0 Å². The fourth-order valence-corrected chi connectivity index (χ4v) is 2.14. The summed E-state index contributed by atoms with van der Waals surface area (Å²) < 4.78 is 15.1. The lowest BCUT2D eigenvalue weighted by molar-refractivity contribution is 0.166. The second kappa shape index (κ2) is 6.17. The minimum atomic E-state index is -0.699. The predicted molar refractivity (Wildman–Crippen MR) is 72.6 cm³/mol. The fraction of sp³-hybridized carbons (Fsp3) is 0.357. The molecule has 19 heavy (non-hydrogen) atoms. The van der Waals surface area contributed by atoms with Gasteiger partial charge in [-0.1, -0.05) is 24.6 Å². The highest BCUT2D eigenvalue weighted by Crippen LogP contribution is 2.21. The molecule has 5 heteroatoms. The molecule has 0 amide bonds. The van der Waals surface area contributed by atoms with Gasteiger partial charge in [-0.05, 0) is 30.2 Å². The first-order chi connectivity index (χ1) is 9.11. The average molecular weight is 283 g/mol. The van der Waals surface area contributed by atoms with Crippen LogP contribution in [0.15, 0.2) is 30.5 Å². The van der Waals surface area contributed by atoms with E-state index in [2.05, 4.69) is 5.10 Å². The molecule has 1 N–H and O–H groups in total. The van der Waals surface area contributed by atoms with Crippen LogP contribution >= 0.6 is 11.6 Å². The number of aliphatic hydroxyl groups is 1. The first-order valence-corrected chi connectivity index (χ1v) is 6.63. The molecule has 2 aromatic rings. The van der Waals surface area contributed by atoms with Gasteiger partial charge in [-0.15, -0.1) is 0 Å². The third kappa shape index (κ3) is 3.33. The van der Waals surface area contributed by atoms with E-state index >= 15 is 0 Å². The number of hydrogen-bond donors (Lipinski definition) is 1. The number of benzene rings is 1. The maximum Gasteiger partial charge on any atom is 0.142 e. The molecule has 1 unspecified atom stereocenters. The van der Waals surface area contributed by atoms with Gasteiger partial charge in [0.25, 0.3) is 0 Å². The van der Waals surface area contributed by atoms with Crippen molar-refractivity contribution in [3.8, 4) is 0 Å². The smallest absolute Gasteiger partial charge is 0.142 e. The average Bonchev–Trinajstić information content (AvgIpc) is 2.83. The summed E-state index contributed by atoms with van der Waals surface area (Å²) >= 11 is 5.63. The third-order valence-corrected chi connectivity index (χ3v) is 3.25. The SMILES string of the molecule is CCCn1nccc1C(O)Cc1ccc(Cl)c(F)c1. The van der Waals surface area contributed by atoms with E-state index in [4.69, 9.17) is 11.6 Å². The largest absolute Gasteiger partial charge is 0.386 e. The van der Waals surface area contributed by atoms with Crippen LogP contribution in [0.3, 0.4) is 0 Å². The van der Waals surface area contributed by atoms with Crippen LogP contribution in [0, 0.1) is 5.82 Å². The first-order valence-electron chi connectivity index (χ1n) is 6.25. The van der Waals surface area contributed by atoms with Crippen molar-refractivity contribution >= 4 is 11.6 Å². The van der Waals surface area contributed by atoms with E-state index in [1.165, 1.54) is 12.1 Å². The van der Waals surface area contributed by atoms with Crippen molar-refractivity contribution in [2.45, 2.75) is 32.4 Å². The molecule has 2 rings (SSSR count). The number of rotatable bonds is 5. The van der Waals surface area contributed by atoms with Crippen molar-refractivity contribution in [2.24, 2.45) is 0 Å². The Morgan fingerprint density at radius 2 is 2.21 bits per heavy atom. The Kier molecular flexibility index (Phi) is 4.56. The van der Waals surface area contributed by atoms with Crippen molar-refractivity contribution in [3.05, 3.63) is 52.6 Å². The molecule has 1 heterocycles. The van der Waals surface area contributed by atoms with Gasteiger partial charge in [0.15, 0.2) is 0 Å². The summed E-state index contributed by atoms with van der Waals surface area (Å²) in [7, 11) is 0. The number of aryl methyl sites for hydroxylation is 1. The molecular formula is C14H16ClFN2O. The van der Waals surface area contributed by atoms with Gasteiger partial charge in [-0.25, -0.2) is 4.39 Å². The Labute approximate surface area is 116 Å². The molecule has 0 fully saturated rings. The molecule has 102 valence electrons. The molecule has 0 spiro atoms. The highest BCUT2D eigenvalue weighted by Gasteiger charge is 2.14. The monoisotopic (exact) mass is 282 g/mol. The molecule has 0 saturated heterocycles. The Balaban J connectivity index is 2.13. The molecule has 0 aliphatic heterocycles. The van der Waals surface area contributed by atoms with Crippen molar-refractivity contribution in [2.75, 3.05) is 0 Å². The highest BCUT2D eigenvalue weighted by molar-refractivity contribution is 6.30. The minimum Gasteiger partial charge on any atom is -0.386 e. The maximum absolute atomic E-state index is 13.3. The zero-order valence-electron chi connectivity index (χ0n) is 10.7. The molecule has 1 atom stereocenters. The topological polar surface area (TPSA) is 38.0 Å². The van der Waals surface area contributed by atoms with E-state index in [1.54, 1.807) is 23.0 Å². The van der Waals surface area contributed by atoms with Crippen LogP contribution in [0.2, 0.25) is 5.02 Å². The maximum atomic E-state index is 13.3. The standard InChI is InChI=1S/C14H16ClFN2O/c1-2-7-18-13(5-6-17-18)14(19)9-10-3-4-11(15)12(16)8-10/h3-6,8,14,19H,2,7,9H2,1H3. The summed E-state index contributed by atoms with van der Waals surface area (Å²) in [5, 5.41) is 14.5. The van der Waals surface area contributed by atoms with Crippen LogP contribution in [0.4, 0.5) is 4.39 Å². The Bertz CT molecular complexity index is 556. The van der Waals surface area contributed by atoms with Crippen LogP contribution in [-0.4, -0.2) is 14.9 Å². The number of hydrogen-bond acceptors (Lipinski definition) is 2. The van der Waals surface area contributed by atoms with Crippen LogP contribution < -0.4 is 0 Å². The van der Waals surface area contributed by atoms with E-state index in [0.717, 1.165) is 18.7 Å². The van der Waals surface area contributed by atoms with Gasteiger partial charge < -0.3 is 5.11 Å². The van der Waals surface area contributed by atoms with Gasteiger partial charge in [0.05, 0.1) is 16.8 Å². The van der Waals surface area contributed by atoms with Crippen molar-refractivity contribution in [3.63, 3.8) is 0 Å². The summed E-state index contributed by atoms with van der Waals surface area (Å²) in [6, 6.07) is 6.36. The summed E-state index contributed by atoms with van der Waals surface area (Å²) in [5.41, 5.74) is 1.45. The zero-order chi connectivity index (χ0) is 13.8. The molecular weight excluding hydrogens is 267 g/mol. The lowest BCUT2D eigenvalue weighted by Gasteiger charge is -2.13. The Morgan fingerprint density at radius 1 is 1.42 bits per heavy atom. The van der Waals surface area contributed by atoms with Gasteiger partial charge >= 0.3 is 0 Å². The Morgan fingerprint density at radius 3 is 2.89 bits per heavy atom. The second-order valence-electron chi connectivity index (χ2n) is 4.45. The third-order valence-electron chi connectivity index (χ3n) is 2.94. The molecule has 3 nitrogen and oxygen atoms in total. The number of aromatic nitrogens is 2. The molecule has 0 aliphatic carbocycles. The lowest BCUT2D eigenvalue weighted by Crippen LogP contribution is -2.11. The molecule has 0 saturated carbocycles. The second-order valence-corrected chi connectivity index (χ2v) is 4.85. The summed E-state index contributed by atoms with van der Waals surface area (Å²) in [4.78, 5) is 0. The molecule has 1 aromatic heterocycles. The molecule has 0 bridgehead atoms. The van der Waals surface area contributed by atoms with Gasteiger partial charge in [0.1, 0.15) is 5.82 Å². The predicted octanol–water partition coefficient (Wildman–Crippen LogP) is 3.36. The van der Waals surface area contributed by atoms with E-state index in [-0.39, 0.29) is 5.02 Å². The van der Waals surface area contributed by atoms with E-state index < -0.39 is 11.9 Å². The van der Waals surface area contributed by atoms with E-state index in [1.807, 2.05) is 6.92 Å². The van der Waals surface area contributed by atoms with Crippen molar-refractivity contribution in [1.82, 2.24) is 9.78 Å². The minimum absolute atomic E-state index is 0.0919. The van der Waals surface area contributed by atoms with E-state index in [9.17, 15) is 9.50 Å². The van der Waals surface area contributed by atoms with Crippen LogP contribution in [0.5, 0.6) is 0 Å². The molecule has 0 radical (unpaired) electrons. The Hall–Kier alpha value is -1.39. The van der Waals surface area contributed by atoms with E-state index in [0.29, 0.717) is 12.0 Å². The summed E-state index contributed by atoms with van der Waals surface area (Å²) in [6.45, 7) is 2.81. The zero-order valence-corrected chi connectivity index (χ0v) is 11.4. The molecule has 1 aromatic carbocycles. The van der Waals surface area contributed by atoms with Crippen molar-refractivity contribution < 1.29 is 9.50 Å². The van der Waals surface area contributed by atoms with Crippen LogP contribution in [-0.2, 0) is 13.0 Å². The molecule has 0 aliphatic rings. The number of halogens is 2. The summed E-state index contributed by atoms with van der Waals surface area (Å²) in [6.07, 6.45) is 2.24. The number of aliphatic hydroxyl groups excluding tert-OH is 1.